The Kier molecular flexibility index (Phi) is 4.83. The van der Waals surface area contributed by atoms with E-state index < -0.39 is 11.6 Å². The summed E-state index contributed by atoms with van der Waals surface area (Å²) in [6.45, 7) is 2.52. The van der Waals surface area contributed by atoms with Crippen LogP contribution in [0.1, 0.15) is 44.6 Å². The van der Waals surface area contributed by atoms with Gasteiger partial charge in [-0.1, -0.05) is 24.3 Å². The standard InChI is InChI=1S/C21H25N3O4/c1-2-23(15-8-4-3-5-9-15)18(25)14-24-19(26)21(22-20(24)27)12-13-28-17-11-7-6-10-16(17)21/h6-8,10-11H,2-5,9,12-14H2,1H3,(H,22,27). The molecule has 7 nitrogen and oxygen atoms in total. The van der Waals surface area contributed by atoms with Gasteiger partial charge in [0.1, 0.15) is 12.3 Å². The van der Waals surface area contributed by atoms with Crippen molar-refractivity contribution in [2.24, 2.45) is 0 Å². The van der Waals surface area contributed by atoms with Crippen LogP contribution in [0, 0.1) is 0 Å². The van der Waals surface area contributed by atoms with Gasteiger partial charge in [0.05, 0.1) is 6.61 Å². The number of ether oxygens (including phenoxy) is 1. The molecule has 3 aliphatic rings. The number of imide groups is 1. The fourth-order valence-corrected chi connectivity index (χ4v) is 4.34. The summed E-state index contributed by atoms with van der Waals surface area (Å²) in [7, 11) is 0. The van der Waals surface area contributed by atoms with Crippen LogP contribution < -0.4 is 10.1 Å². The molecule has 28 heavy (non-hydrogen) atoms. The van der Waals surface area contributed by atoms with E-state index in [0.29, 0.717) is 30.9 Å². The fourth-order valence-electron chi connectivity index (χ4n) is 4.34. The molecule has 2 heterocycles. The normalized spacial score (nSPS) is 23.8. The minimum atomic E-state index is -1.15. The molecule has 0 aromatic heterocycles. The van der Waals surface area contributed by atoms with Crippen molar-refractivity contribution in [3.05, 3.63) is 41.6 Å². The molecule has 1 aromatic carbocycles. The van der Waals surface area contributed by atoms with Crippen molar-refractivity contribution in [1.82, 2.24) is 15.1 Å². The Morgan fingerprint density at radius 2 is 2.11 bits per heavy atom. The molecular formula is C21H25N3O4. The number of nitrogens with one attached hydrogen (secondary N) is 1. The molecule has 0 saturated carbocycles. The summed E-state index contributed by atoms with van der Waals surface area (Å²) in [5.74, 6) is -0.00931. The minimum Gasteiger partial charge on any atom is -0.493 e. The van der Waals surface area contributed by atoms with E-state index in [2.05, 4.69) is 11.4 Å². The maximum Gasteiger partial charge on any atom is 0.325 e. The Bertz CT molecular complexity index is 850. The van der Waals surface area contributed by atoms with Gasteiger partial charge < -0.3 is 15.0 Å². The molecule has 4 amide bonds. The first-order valence-electron chi connectivity index (χ1n) is 9.92. The number of carbonyl (C=O) groups excluding carboxylic acids is 3. The van der Waals surface area contributed by atoms with E-state index in [4.69, 9.17) is 4.74 Å². The van der Waals surface area contributed by atoms with Gasteiger partial charge >= 0.3 is 6.03 Å². The summed E-state index contributed by atoms with van der Waals surface area (Å²) in [6, 6.07) is 6.71. The molecule has 1 fully saturated rings. The van der Waals surface area contributed by atoms with Gasteiger partial charge in [0.25, 0.3) is 5.91 Å². The molecule has 2 aliphatic heterocycles. The summed E-state index contributed by atoms with van der Waals surface area (Å²) in [4.78, 5) is 41.6. The molecule has 1 aromatic rings. The van der Waals surface area contributed by atoms with Crippen LogP contribution in [0.25, 0.3) is 0 Å². The van der Waals surface area contributed by atoms with Crippen LogP contribution in [-0.4, -0.2) is 47.3 Å². The zero-order valence-electron chi connectivity index (χ0n) is 16.1. The Morgan fingerprint density at radius 1 is 1.29 bits per heavy atom. The zero-order chi connectivity index (χ0) is 19.7. The molecule has 7 heteroatoms. The summed E-state index contributed by atoms with van der Waals surface area (Å²) >= 11 is 0. The van der Waals surface area contributed by atoms with Gasteiger partial charge in [0.2, 0.25) is 5.91 Å². The molecule has 1 atom stereocenters. The lowest BCUT2D eigenvalue weighted by Gasteiger charge is -2.33. The summed E-state index contributed by atoms with van der Waals surface area (Å²) in [5.41, 5.74) is 0.502. The minimum absolute atomic E-state index is 0.225. The number of fused-ring (bicyclic) bond motifs is 2. The van der Waals surface area contributed by atoms with E-state index in [-0.39, 0.29) is 18.4 Å². The van der Waals surface area contributed by atoms with Crippen LogP contribution in [0.5, 0.6) is 5.75 Å². The summed E-state index contributed by atoms with van der Waals surface area (Å²) in [6.07, 6.45) is 6.44. The topological polar surface area (TPSA) is 79.0 Å². The van der Waals surface area contributed by atoms with Gasteiger partial charge in [-0.05, 0) is 38.7 Å². The predicted octanol–water partition coefficient (Wildman–Crippen LogP) is 2.52. The second-order valence-corrected chi connectivity index (χ2v) is 7.40. The molecule has 4 rings (SSSR count). The van der Waals surface area contributed by atoms with Crippen LogP contribution in [0.2, 0.25) is 0 Å². The Morgan fingerprint density at radius 3 is 2.86 bits per heavy atom. The van der Waals surface area contributed by atoms with Crippen molar-refractivity contribution in [3.63, 3.8) is 0 Å². The predicted molar refractivity (Wildman–Crippen MR) is 102 cm³/mol. The number of carbonyl (C=O) groups is 3. The first kappa shape index (κ1) is 18.5. The smallest absolute Gasteiger partial charge is 0.325 e. The highest BCUT2D eigenvalue weighted by molar-refractivity contribution is 6.09. The Hall–Kier alpha value is -2.83. The highest BCUT2D eigenvalue weighted by Crippen LogP contribution is 2.41. The third-order valence-electron chi connectivity index (χ3n) is 5.78. The number of urea groups is 1. The van der Waals surface area contributed by atoms with Gasteiger partial charge in [-0.3, -0.25) is 14.5 Å². The number of likely N-dealkylation sites (N-methyl/N-ethyl adjacent to an activating group) is 1. The van der Waals surface area contributed by atoms with Gasteiger partial charge in [0, 0.05) is 24.2 Å². The number of amides is 4. The van der Waals surface area contributed by atoms with Crippen molar-refractivity contribution in [2.45, 2.75) is 44.6 Å². The molecule has 148 valence electrons. The molecule has 1 unspecified atom stereocenters. The largest absolute Gasteiger partial charge is 0.493 e. The Balaban J connectivity index is 1.57. The third-order valence-corrected chi connectivity index (χ3v) is 5.78. The van der Waals surface area contributed by atoms with Crippen molar-refractivity contribution >= 4 is 17.8 Å². The average Bonchev–Trinajstić information content (AvgIpc) is 2.94. The van der Waals surface area contributed by atoms with Gasteiger partial charge in [-0.25, -0.2) is 4.79 Å². The quantitative estimate of drug-likeness (QED) is 0.811. The van der Waals surface area contributed by atoms with Crippen LogP contribution in [-0.2, 0) is 15.1 Å². The molecule has 0 radical (unpaired) electrons. The summed E-state index contributed by atoms with van der Waals surface area (Å²) in [5, 5.41) is 2.84. The van der Waals surface area contributed by atoms with Gasteiger partial charge in [0.15, 0.2) is 5.54 Å². The Labute approximate surface area is 164 Å². The molecule has 1 N–H and O–H groups in total. The highest BCUT2D eigenvalue weighted by Gasteiger charge is 2.55. The molecule has 1 spiro atoms. The van der Waals surface area contributed by atoms with Crippen LogP contribution in [0.15, 0.2) is 36.0 Å². The molecule has 1 saturated heterocycles. The van der Waals surface area contributed by atoms with Crippen LogP contribution in [0.3, 0.4) is 0 Å². The molecule has 0 bridgehead atoms. The zero-order valence-corrected chi connectivity index (χ0v) is 16.1. The van der Waals surface area contributed by atoms with E-state index in [0.717, 1.165) is 36.3 Å². The van der Waals surface area contributed by atoms with Gasteiger partial charge in [-0.2, -0.15) is 0 Å². The van der Waals surface area contributed by atoms with Gasteiger partial charge in [-0.15, -0.1) is 0 Å². The first-order chi connectivity index (χ1) is 13.6. The molecule has 1 aliphatic carbocycles. The second-order valence-electron chi connectivity index (χ2n) is 7.40. The second kappa shape index (κ2) is 7.30. The summed E-state index contributed by atoms with van der Waals surface area (Å²) < 4.78 is 5.64. The lowest BCUT2D eigenvalue weighted by molar-refractivity contribution is -0.138. The van der Waals surface area contributed by atoms with E-state index in [1.165, 1.54) is 0 Å². The lowest BCUT2D eigenvalue weighted by Crippen LogP contribution is -2.48. The third kappa shape index (κ3) is 2.95. The van der Waals surface area contributed by atoms with Crippen molar-refractivity contribution in [1.29, 1.82) is 0 Å². The monoisotopic (exact) mass is 383 g/mol. The van der Waals surface area contributed by atoms with E-state index in [1.807, 2.05) is 19.1 Å². The number of nitrogens with zero attached hydrogens (tertiary/aromatic N) is 2. The van der Waals surface area contributed by atoms with Crippen molar-refractivity contribution in [3.8, 4) is 5.75 Å². The van der Waals surface area contributed by atoms with E-state index in [9.17, 15) is 14.4 Å². The van der Waals surface area contributed by atoms with Crippen LogP contribution >= 0.6 is 0 Å². The maximum absolute atomic E-state index is 13.3. The van der Waals surface area contributed by atoms with Crippen molar-refractivity contribution in [2.75, 3.05) is 19.7 Å². The van der Waals surface area contributed by atoms with Crippen molar-refractivity contribution < 1.29 is 19.1 Å². The van der Waals surface area contributed by atoms with E-state index in [1.54, 1.807) is 17.0 Å². The van der Waals surface area contributed by atoms with E-state index >= 15 is 0 Å². The number of benzene rings is 1. The number of rotatable bonds is 4. The highest BCUT2D eigenvalue weighted by atomic mass is 16.5. The lowest BCUT2D eigenvalue weighted by atomic mass is 9.84. The average molecular weight is 383 g/mol. The number of allylic oxidation sites excluding steroid dienone is 2. The number of para-hydroxylation sites is 1. The SMILES string of the molecule is CCN(C(=O)CN1C(=O)NC2(CCOc3ccccc32)C1=O)C1=CCCCC1. The number of hydrogen-bond acceptors (Lipinski definition) is 4. The van der Waals surface area contributed by atoms with Crippen LogP contribution in [0.4, 0.5) is 4.79 Å². The number of hydrogen-bond donors (Lipinski definition) is 1. The maximum atomic E-state index is 13.3. The fraction of sp³-hybridized carbons (Fsp3) is 0.476. The molecular weight excluding hydrogens is 358 g/mol. The first-order valence-corrected chi connectivity index (χ1v) is 9.92.